The Morgan fingerprint density at radius 2 is 1.91 bits per heavy atom. The lowest BCUT2D eigenvalue weighted by molar-refractivity contribution is -0.0264. The molecule has 2 atom stereocenters. The molecule has 0 bridgehead atoms. The first-order valence-corrected chi connectivity index (χ1v) is 9.20. The molecule has 0 aliphatic heterocycles. The van der Waals surface area contributed by atoms with Gasteiger partial charge in [-0.2, -0.15) is 0 Å². The smallest absolute Gasteiger partial charge is 0.0717 e. The normalized spacial score (nSPS) is 26.9. The lowest BCUT2D eigenvalue weighted by atomic mass is 9.67. The molecule has 2 saturated carbocycles. The molecule has 1 aromatic carbocycles. The summed E-state index contributed by atoms with van der Waals surface area (Å²) < 4.78 is 5.85. The lowest BCUT2D eigenvalue weighted by Gasteiger charge is -2.47. The van der Waals surface area contributed by atoms with E-state index in [4.69, 9.17) is 4.74 Å². The van der Waals surface area contributed by atoms with E-state index in [2.05, 4.69) is 36.2 Å². The minimum atomic E-state index is -0.112. The molecule has 2 aliphatic carbocycles. The van der Waals surface area contributed by atoms with Crippen molar-refractivity contribution in [1.29, 1.82) is 0 Å². The third kappa shape index (κ3) is 4.14. The van der Waals surface area contributed by atoms with Gasteiger partial charge in [0, 0.05) is 12.6 Å². The number of hydrogen-bond acceptors (Lipinski definition) is 3. The maximum absolute atomic E-state index is 10.1. The van der Waals surface area contributed by atoms with Crippen LogP contribution in [-0.2, 0) is 11.3 Å². The van der Waals surface area contributed by atoms with Crippen LogP contribution in [0.25, 0.3) is 0 Å². The predicted molar refractivity (Wildman–Crippen MR) is 93.3 cm³/mol. The zero-order valence-electron chi connectivity index (χ0n) is 14.4. The summed E-state index contributed by atoms with van der Waals surface area (Å²) in [7, 11) is 2.22. The molecule has 3 nitrogen and oxygen atoms in total. The van der Waals surface area contributed by atoms with Gasteiger partial charge in [-0.3, -0.25) is 0 Å². The molecule has 2 aliphatic rings. The van der Waals surface area contributed by atoms with Crippen molar-refractivity contribution in [3.63, 3.8) is 0 Å². The summed E-state index contributed by atoms with van der Waals surface area (Å²) in [6.45, 7) is 2.40. The maximum atomic E-state index is 10.1. The minimum absolute atomic E-state index is 0.112. The van der Waals surface area contributed by atoms with Gasteiger partial charge in [0.1, 0.15) is 0 Å². The summed E-state index contributed by atoms with van der Waals surface area (Å²) in [6.07, 6.45) is 8.45. The molecule has 0 saturated heterocycles. The Morgan fingerprint density at radius 3 is 2.65 bits per heavy atom. The highest BCUT2D eigenvalue weighted by molar-refractivity contribution is 5.13. The van der Waals surface area contributed by atoms with E-state index in [1.54, 1.807) is 0 Å². The molecule has 1 N–H and O–H groups in total. The number of ether oxygens (including phenoxy) is 1. The van der Waals surface area contributed by atoms with E-state index in [0.29, 0.717) is 18.1 Å². The molecule has 0 heterocycles. The highest BCUT2D eigenvalue weighted by Crippen LogP contribution is 2.50. The van der Waals surface area contributed by atoms with Crippen LogP contribution in [0.2, 0.25) is 0 Å². The number of benzene rings is 1. The summed E-state index contributed by atoms with van der Waals surface area (Å²) in [5.41, 5.74) is 1.70. The van der Waals surface area contributed by atoms with E-state index in [1.807, 2.05) is 6.07 Å². The summed E-state index contributed by atoms with van der Waals surface area (Å²) in [5, 5.41) is 10.1. The first-order chi connectivity index (χ1) is 11.2. The number of likely N-dealkylation sites (N-methyl/N-ethyl adjacent to an activating group) is 1. The van der Waals surface area contributed by atoms with Crippen LogP contribution in [0, 0.1) is 5.41 Å². The molecular formula is C20H31NO2. The van der Waals surface area contributed by atoms with Gasteiger partial charge < -0.3 is 14.7 Å². The van der Waals surface area contributed by atoms with Crippen LogP contribution in [0.5, 0.6) is 0 Å². The van der Waals surface area contributed by atoms with E-state index in [1.165, 1.54) is 37.7 Å². The Labute approximate surface area is 140 Å². The Bertz CT molecular complexity index is 470. The zero-order chi connectivity index (χ0) is 16.1. The highest BCUT2D eigenvalue weighted by atomic mass is 16.5. The highest BCUT2D eigenvalue weighted by Gasteiger charge is 2.46. The van der Waals surface area contributed by atoms with Gasteiger partial charge >= 0.3 is 0 Å². The van der Waals surface area contributed by atoms with Crippen LogP contribution in [0.1, 0.15) is 50.5 Å². The number of aliphatic hydroxyl groups excluding tert-OH is 1. The van der Waals surface area contributed by atoms with Crippen LogP contribution < -0.4 is 0 Å². The summed E-state index contributed by atoms with van der Waals surface area (Å²) in [5.74, 6) is 0. The third-order valence-electron chi connectivity index (χ3n) is 6.01. The number of hydrogen-bond donors (Lipinski definition) is 1. The van der Waals surface area contributed by atoms with Crippen molar-refractivity contribution >= 4 is 0 Å². The number of nitrogens with zero attached hydrogens (tertiary/aromatic N) is 1. The van der Waals surface area contributed by atoms with Gasteiger partial charge in [0.15, 0.2) is 0 Å². The van der Waals surface area contributed by atoms with Gasteiger partial charge in [0.2, 0.25) is 0 Å². The molecule has 0 radical (unpaired) electrons. The van der Waals surface area contributed by atoms with Crippen LogP contribution in [0.15, 0.2) is 30.3 Å². The van der Waals surface area contributed by atoms with Crippen molar-refractivity contribution in [3.8, 4) is 0 Å². The molecule has 3 heteroatoms. The van der Waals surface area contributed by atoms with E-state index < -0.39 is 0 Å². The monoisotopic (exact) mass is 317 g/mol. The first kappa shape index (κ1) is 16.9. The third-order valence-corrected chi connectivity index (χ3v) is 6.01. The second-order valence-electron chi connectivity index (χ2n) is 7.53. The second-order valence-corrected chi connectivity index (χ2v) is 7.53. The van der Waals surface area contributed by atoms with Gasteiger partial charge in [-0.05, 0) is 50.1 Å². The molecule has 128 valence electrons. The molecule has 0 aromatic heterocycles. The van der Waals surface area contributed by atoms with E-state index in [-0.39, 0.29) is 6.10 Å². The van der Waals surface area contributed by atoms with Crippen molar-refractivity contribution in [1.82, 2.24) is 4.90 Å². The van der Waals surface area contributed by atoms with Gasteiger partial charge in [-0.1, -0.05) is 43.2 Å². The molecule has 2 unspecified atom stereocenters. The average molecular weight is 317 g/mol. The van der Waals surface area contributed by atoms with Crippen LogP contribution >= 0.6 is 0 Å². The van der Waals surface area contributed by atoms with E-state index in [9.17, 15) is 5.11 Å². The fourth-order valence-electron chi connectivity index (χ4n) is 4.68. The Hall–Kier alpha value is -0.900. The Morgan fingerprint density at radius 1 is 1.17 bits per heavy atom. The van der Waals surface area contributed by atoms with Crippen molar-refractivity contribution in [2.24, 2.45) is 5.41 Å². The fraction of sp³-hybridized carbons (Fsp3) is 0.700. The second kappa shape index (κ2) is 7.78. The molecule has 1 spiro atoms. The van der Waals surface area contributed by atoms with Crippen molar-refractivity contribution in [3.05, 3.63) is 35.9 Å². The van der Waals surface area contributed by atoms with Crippen molar-refractivity contribution < 1.29 is 9.84 Å². The van der Waals surface area contributed by atoms with E-state index >= 15 is 0 Å². The fourth-order valence-corrected chi connectivity index (χ4v) is 4.68. The van der Waals surface area contributed by atoms with Gasteiger partial charge in [0.25, 0.3) is 0 Å². The standard InChI is InChI=1S/C20H31NO2/c1-21(13-14-23-16-17-7-3-2-4-8-17)19-15-18(22)9-12-20(19)10-5-6-11-20/h2-4,7-8,18-19,22H,5-6,9-16H2,1H3. The summed E-state index contributed by atoms with van der Waals surface area (Å²) in [6, 6.07) is 10.9. The predicted octanol–water partition coefficient (Wildman–Crippen LogP) is 3.61. The zero-order valence-corrected chi connectivity index (χ0v) is 14.4. The molecule has 3 rings (SSSR count). The van der Waals surface area contributed by atoms with Crippen molar-refractivity contribution in [2.45, 2.75) is 63.7 Å². The van der Waals surface area contributed by atoms with Gasteiger partial charge in [-0.15, -0.1) is 0 Å². The summed E-state index contributed by atoms with van der Waals surface area (Å²) in [4.78, 5) is 2.46. The average Bonchev–Trinajstić information content (AvgIpc) is 3.04. The molecular weight excluding hydrogens is 286 g/mol. The number of aliphatic hydroxyl groups is 1. The molecule has 2 fully saturated rings. The van der Waals surface area contributed by atoms with Crippen LogP contribution in [0.4, 0.5) is 0 Å². The number of rotatable bonds is 6. The molecule has 0 amide bonds. The maximum Gasteiger partial charge on any atom is 0.0717 e. The lowest BCUT2D eigenvalue weighted by Crippen LogP contribution is -2.51. The van der Waals surface area contributed by atoms with Gasteiger partial charge in [-0.25, -0.2) is 0 Å². The van der Waals surface area contributed by atoms with Crippen LogP contribution in [0.3, 0.4) is 0 Å². The van der Waals surface area contributed by atoms with Crippen molar-refractivity contribution in [2.75, 3.05) is 20.2 Å². The van der Waals surface area contributed by atoms with Gasteiger partial charge in [0.05, 0.1) is 19.3 Å². The Balaban J connectivity index is 1.49. The van der Waals surface area contributed by atoms with Crippen LogP contribution in [-0.4, -0.2) is 42.4 Å². The Kier molecular flexibility index (Phi) is 5.73. The SMILES string of the molecule is CN(CCOCc1ccccc1)C1CC(O)CCC12CCCC2. The minimum Gasteiger partial charge on any atom is -0.393 e. The topological polar surface area (TPSA) is 32.7 Å². The first-order valence-electron chi connectivity index (χ1n) is 9.20. The summed E-state index contributed by atoms with van der Waals surface area (Å²) >= 11 is 0. The van der Waals surface area contributed by atoms with E-state index in [0.717, 1.165) is 26.0 Å². The molecule has 23 heavy (non-hydrogen) atoms. The largest absolute Gasteiger partial charge is 0.393 e. The quantitative estimate of drug-likeness (QED) is 0.814. The molecule has 1 aromatic rings.